The molecule has 1 N–H and O–H groups in total. The molecular weight excluding hydrogens is 402 g/mol. The van der Waals surface area contributed by atoms with E-state index < -0.39 is 0 Å². The number of ether oxygens (including phenoxy) is 1. The van der Waals surface area contributed by atoms with Crippen molar-refractivity contribution in [2.24, 2.45) is 0 Å². The quantitative estimate of drug-likeness (QED) is 0.361. The lowest BCUT2D eigenvalue weighted by atomic mass is 10.2. The number of nitrogens with one attached hydrogen (secondary N) is 1. The summed E-state index contributed by atoms with van der Waals surface area (Å²) in [6, 6.07) is 17.8. The first-order chi connectivity index (χ1) is 14.6. The fraction of sp³-hybridized carbons (Fsp3) is 0.136. The van der Waals surface area contributed by atoms with Crippen LogP contribution in [0.15, 0.2) is 81.3 Å². The van der Waals surface area contributed by atoms with Gasteiger partial charge in [0, 0.05) is 5.69 Å². The zero-order chi connectivity index (χ0) is 20.9. The van der Waals surface area contributed by atoms with Gasteiger partial charge in [-0.25, -0.2) is 4.98 Å². The van der Waals surface area contributed by atoms with Gasteiger partial charge >= 0.3 is 0 Å². The number of hydrogen-bond donors (Lipinski definition) is 1. The molecule has 4 rings (SSSR count). The maximum Gasteiger partial charge on any atom is 0.262 e. The van der Waals surface area contributed by atoms with Crippen LogP contribution in [0.4, 0.5) is 5.69 Å². The highest BCUT2D eigenvalue weighted by Gasteiger charge is 2.14. The first kappa shape index (κ1) is 19.8. The number of amides is 1. The van der Waals surface area contributed by atoms with Crippen molar-refractivity contribution in [1.29, 1.82) is 0 Å². The first-order valence-electron chi connectivity index (χ1n) is 9.23. The molecule has 0 saturated carbocycles. The average Bonchev–Trinajstić information content (AvgIpc) is 3.28. The summed E-state index contributed by atoms with van der Waals surface area (Å²) in [5.74, 6) is 1.26. The number of thioether (sulfide) groups is 1. The van der Waals surface area contributed by atoms with Crippen molar-refractivity contribution >= 4 is 34.3 Å². The summed E-state index contributed by atoms with van der Waals surface area (Å²) < 4.78 is 12.0. The van der Waals surface area contributed by atoms with Gasteiger partial charge in [0.05, 0.1) is 36.6 Å². The minimum Gasteiger partial charge on any atom is -0.497 e. The van der Waals surface area contributed by atoms with Crippen molar-refractivity contribution in [3.8, 4) is 5.75 Å². The van der Waals surface area contributed by atoms with Crippen molar-refractivity contribution < 1.29 is 13.9 Å². The Morgan fingerprint density at radius 1 is 1.13 bits per heavy atom. The van der Waals surface area contributed by atoms with Crippen molar-refractivity contribution in [1.82, 2.24) is 9.55 Å². The van der Waals surface area contributed by atoms with Gasteiger partial charge in [0.25, 0.3) is 5.56 Å². The molecule has 0 aliphatic heterocycles. The maximum absolute atomic E-state index is 13.0. The number of anilines is 1. The Hall–Kier alpha value is -3.52. The number of fused-ring (bicyclic) bond motifs is 1. The molecule has 30 heavy (non-hydrogen) atoms. The van der Waals surface area contributed by atoms with Crippen molar-refractivity contribution in [3.63, 3.8) is 0 Å². The molecule has 7 nitrogen and oxygen atoms in total. The molecule has 2 heterocycles. The van der Waals surface area contributed by atoms with Crippen LogP contribution < -0.4 is 15.6 Å². The number of carbonyl (C=O) groups is 1. The monoisotopic (exact) mass is 421 g/mol. The zero-order valence-corrected chi connectivity index (χ0v) is 17.0. The van der Waals surface area contributed by atoms with Gasteiger partial charge in [-0.15, -0.1) is 0 Å². The predicted octanol–water partition coefficient (Wildman–Crippen LogP) is 3.78. The highest BCUT2D eigenvalue weighted by atomic mass is 32.2. The van der Waals surface area contributed by atoms with Gasteiger partial charge in [-0.1, -0.05) is 23.9 Å². The Bertz CT molecular complexity index is 1220. The van der Waals surface area contributed by atoms with Gasteiger partial charge in [0.2, 0.25) is 5.91 Å². The number of aromatic nitrogens is 2. The van der Waals surface area contributed by atoms with Crippen molar-refractivity contribution in [2.45, 2.75) is 11.7 Å². The van der Waals surface area contributed by atoms with Crippen molar-refractivity contribution in [2.75, 3.05) is 18.2 Å². The molecule has 0 bridgehead atoms. The Kier molecular flexibility index (Phi) is 5.85. The highest BCUT2D eigenvalue weighted by molar-refractivity contribution is 7.99. The molecule has 0 fully saturated rings. The molecule has 0 aliphatic rings. The lowest BCUT2D eigenvalue weighted by Crippen LogP contribution is -2.24. The lowest BCUT2D eigenvalue weighted by Gasteiger charge is -2.12. The number of para-hydroxylation sites is 1. The topological polar surface area (TPSA) is 86.4 Å². The van der Waals surface area contributed by atoms with Crippen LogP contribution in [0.5, 0.6) is 5.75 Å². The lowest BCUT2D eigenvalue weighted by molar-refractivity contribution is -0.113. The molecule has 4 aromatic rings. The van der Waals surface area contributed by atoms with Crippen LogP contribution in [0.25, 0.3) is 10.9 Å². The summed E-state index contributed by atoms with van der Waals surface area (Å²) in [4.78, 5) is 30.1. The standard InChI is InChI=1S/C22H19N3O4S/c1-28-16-10-8-15(9-11-16)23-20(26)14-30-22-24-19-7-3-2-6-18(19)21(27)25(22)13-17-5-4-12-29-17/h2-12H,13-14H2,1H3,(H,23,26). The number of rotatable bonds is 7. The number of nitrogens with zero attached hydrogens (tertiary/aromatic N) is 2. The molecule has 152 valence electrons. The van der Waals surface area contributed by atoms with E-state index in [9.17, 15) is 9.59 Å². The average molecular weight is 421 g/mol. The SMILES string of the molecule is COc1ccc(NC(=O)CSc2nc3ccccc3c(=O)n2Cc2ccco2)cc1. The van der Waals surface area contributed by atoms with Gasteiger partial charge in [0.1, 0.15) is 11.5 Å². The normalized spacial score (nSPS) is 10.8. The van der Waals surface area contributed by atoms with Gasteiger partial charge in [0.15, 0.2) is 5.16 Å². The molecule has 0 radical (unpaired) electrons. The third kappa shape index (κ3) is 4.38. The molecular formula is C22H19N3O4S. The van der Waals surface area contributed by atoms with E-state index in [4.69, 9.17) is 9.15 Å². The second-order valence-corrected chi connectivity index (χ2v) is 7.39. The second kappa shape index (κ2) is 8.87. The maximum atomic E-state index is 13.0. The smallest absolute Gasteiger partial charge is 0.262 e. The summed E-state index contributed by atoms with van der Waals surface area (Å²) in [6.45, 7) is 0.242. The molecule has 0 saturated heterocycles. The molecule has 2 aromatic carbocycles. The predicted molar refractivity (Wildman–Crippen MR) is 116 cm³/mol. The highest BCUT2D eigenvalue weighted by Crippen LogP contribution is 2.20. The third-order valence-electron chi connectivity index (χ3n) is 4.43. The Balaban J connectivity index is 1.56. The minimum absolute atomic E-state index is 0.106. The molecule has 8 heteroatoms. The van der Waals surface area contributed by atoms with E-state index in [2.05, 4.69) is 10.3 Å². The first-order valence-corrected chi connectivity index (χ1v) is 10.2. The molecule has 0 aliphatic carbocycles. The van der Waals surface area contributed by atoms with Crippen LogP contribution in [-0.2, 0) is 11.3 Å². The summed E-state index contributed by atoms with van der Waals surface area (Å²) in [6.07, 6.45) is 1.56. The molecule has 0 unspecified atom stereocenters. The third-order valence-corrected chi connectivity index (χ3v) is 5.40. The van der Waals surface area contributed by atoms with Gasteiger partial charge in [-0.05, 0) is 48.5 Å². The Morgan fingerprint density at radius 3 is 2.67 bits per heavy atom. The molecule has 1 amide bonds. The van der Waals surface area contributed by atoms with Gasteiger partial charge in [-0.2, -0.15) is 0 Å². The van der Waals surface area contributed by atoms with Crippen LogP contribution >= 0.6 is 11.8 Å². The van der Waals surface area contributed by atoms with E-state index in [-0.39, 0.29) is 23.8 Å². The largest absolute Gasteiger partial charge is 0.497 e. The van der Waals surface area contributed by atoms with Crippen LogP contribution in [0.1, 0.15) is 5.76 Å². The summed E-state index contributed by atoms with van der Waals surface area (Å²) in [5.41, 5.74) is 1.09. The summed E-state index contributed by atoms with van der Waals surface area (Å²) in [7, 11) is 1.59. The van der Waals surface area contributed by atoms with E-state index in [0.29, 0.717) is 33.3 Å². The number of hydrogen-bond acceptors (Lipinski definition) is 6. The van der Waals surface area contributed by atoms with Crippen LogP contribution in [0.2, 0.25) is 0 Å². The Morgan fingerprint density at radius 2 is 1.93 bits per heavy atom. The van der Waals surface area contributed by atoms with E-state index in [1.54, 1.807) is 68.0 Å². The summed E-state index contributed by atoms with van der Waals surface area (Å²) in [5, 5.41) is 3.81. The van der Waals surface area contributed by atoms with Crippen molar-refractivity contribution in [3.05, 3.63) is 83.0 Å². The van der Waals surface area contributed by atoms with E-state index >= 15 is 0 Å². The van der Waals surface area contributed by atoms with Gasteiger partial charge in [-0.3, -0.25) is 14.2 Å². The fourth-order valence-corrected chi connectivity index (χ4v) is 3.76. The van der Waals surface area contributed by atoms with E-state index in [1.807, 2.05) is 6.07 Å². The molecule has 0 spiro atoms. The van der Waals surface area contributed by atoms with Crippen LogP contribution in [0.3, 0.4) is 0 Å². The molecule has 2 aromatic heterocycles. The zero-order valence-electron chi connectivity index (χ0n) is 16.2. The van der Waals surface area contributed by atoms with E-state index in [1.165, 1.54) is 16.3 Å². The number of benzene rings is 2. The second-order valence-electron chi connectivity index (χ2n) is 6.45. The minimum atomic E-state index is -0.197. The molecule has 0 atom stereocenters. The van der Waals surface area contributed by atoms with Gasteiger partial charge < -0.3 is 14.5 Å². The Labute approximate surface area is 176 Å². The number of furan rings is 1. The van der Waals surface area contributed by atoms with Crippen LogP contribution in [-0.4, -0.2) is 28.3 Å². The number of methoxy groups -OCH3 is 1. The number of carbonyl (C=O) groups excluding carboxylic acids is 1. The van der Waals surface area contributed by atoms with E-state index in [0.717, 1.165) is 0 Å². The van der Waals surface area contributed by atoms with Crippen LogP contribution in [0, 0.1) is 0 Å². The summed E-state index contributed by atoms with van der Waals surface area (Å²) >= 11 is 1.21. The fourth-order valence-electron chi connectivity index (χ4n) is 2.96.